The zero-order valence-corrected chi connectivity index (χ0v) is 15.3. The Hall–Kier alpha value is -2.56. The summed E-state index contributed by atoms with van der Waals surface area (Å²) in [6.45, 7) is 4.32. The lowest BCUT2D eigenvalue weighted by molar-refractivity contribution is -0.112. The highest BCUT2D eigenvalue weighted by atomic mass is 16.5. The third kappa shape index (κ3) is 3.15. The number of rotatable bonds is 3. The van der Waals surface area contributed by atoms with Gasteiger partial charge in [0, 0.05) is 43.8 Å². The van der Waals surface area contributed by atoms with E-state index in [-0.39, 0.29) is 5.78 Å². The van der Waals surface area contributed by atoms with Crippen LogP contribution in [0.3, 0.4) is 0 Å². The Labute approximate surface area is 159 Å². The van der Waals surface area contributed by atoms with Crippen molar-refractivity contribution in [2.75, 3.05) is 26.3 Å². The first-order valence-electron chi connectivity index (χ1n) is 9.59. The second-order valence-electron chi connectivity index (χ2n) is 7.41. The maximum absolute atomic E-state index is 12.8. The number of ketones is 1. The zero-order chi connectivity index (χ0) is 18.2. The van der Waals surface area contributed by atoms with Crippen molar-refractivity contribution in [3.8, 4) is 0 Å². The fraction of sp³-hybridized carbons (Fsp3) is 0.304. The highest BCUT2D eigenvalue weighted by molar-refractivity contribution is 6.30. The summed E-state index contributed by atoms with van der Waals surface area (Å²) in [7, 11) is 0. The molecule has 0 aromatic heterocycles. The third-order valence-electron chi connectivity index (χ3n) is 5.59. The number of benzene rings is 2. The summed E-state index contributed by atoms with van der Waals surface area (Å²) in [6, 6.07) is 14.5. The van der Waals surface area contributed by atoms with Crippen LogP contribution in [0, 0.1) is 0 Å². The van der Waals surface area contributed by atoms with Crippen LogP contribution in [0.4, 0.5) is 5.69 Å². The summed E-state index contributed by atoms with van der Waals surface area (Å²) in [5.74, 6) is 0.207. The summed E-state index contributed by atoms with van der Waals surface area (Å²) in [4.78, 5) is 19.9. The molecule has 2 aromatic rings. The molecule has 1 aliphatic carbocycles. The van der Waals surface area contributed by atoms with Crippen molar-refractivity contribution in [3.05, 3.63) is 70.8 Å². The number of nitrogens with zero attached hydrogens (tertiary/aromatic N) is 2. The summed E-state index contributed by atoms with van der Waals surface area (Å²) >= 11 is 0. The molecule has 0 amide bonds. The number of morpholine rings is 1. The van der Waals surface area contributed by atoms with Crippen molar-refractivity contribution in [2.24, 2.45) is 4.99 Å². The van der Waals surface area contributed by atoms with E-state index >= 15 is 0 Å². The summed E-state index contributed by atoms with van der Waals surface area (Å²) < 4.78 is 5.46. The zero-order valence-electron chi connectivity index (χ0n) is 15.3. The molecule has 4 heteroatoms. The van der Waals surface area contributed by atoms with Crippen LogP contribution in [-0.2, 0) is 28.9 Å². The number of carbonyl (C=O) groups is 1. The Morgan fingerprint density at radius 2 is 1.81 bits per heavy atom. The molecule has 0 saturated carbocycles. The van der Waals surface area contributed by atoms with Crippen molar-refractivity contribution in [2.45, 2.75) is 19.4 Å². The minimum atomic E-state index is 0.207. The molecule has 0 atom stereocenters. The SMILES string of the molecule is O=C1Cc2cccc(CN3CCOCC3)c2/C1=C/C1=Nc2ccccc2C1. The Morgan fingerprint density at radius 1 is 1.00 bits per heavy atom. The van der Waals surface area contributed by atoms with E-state index in [0.717, 1.165) is 67.4 Å². The van der Waals surface area contributed by atoms with Crippen LogP contribution in [0.5, 0.6) is 0 Å². The highest BCUT2D eigenvalue weighted by Crippen LogP contribution is 2.35. The molecule has 136 valence electrons. The van der Waals surface area contributed by atoms with E-state index in [1.807, 2.05) is 24.3 Å². The van der Waals surface area contributed by atoms with Gasteiger partial charge >= 0.3 is 0 Å². The molecule has 2 aromatic carbocycles. The van der Waals surface area contributed by atoms with Gasteiger partial charge in [0.05, 0.1) is 18.9 Å². The van der Waals surface area contributed by atoms with Crippen molar-refractivity contribution in [3.63, 3.8) is 0 Å². The van der Waals surface area contributed by atoms with Gasteiger partial charge in [-0.05, 0) is 34.4 Å². The highest BCUT2D eigenvalue weighted by Gasteiger charge is 2.28. The molecule has 1 saturated heterocycles. The fourth-order valence-corrected chi connectivity index (χ4v) is 4.25. The standard InChI is InChI=1S/C23H22N2O2/c26-22-13-17-5-3-6-18(15-25-8-10-27-11-9-25)23(17)20(22)14-19-12-16-4-1-2-7-21(16)24-19/h1-7,14H,8-13,15H2/b20-14+. The molecule has 4 nitrogen and oxygen atoms in total. The number of carbonyl (C=O) groups excluding carboxylic acids is 1. The van der Waals surface area contributed by atoms with E-state index < -0.39 is 0 Å². The van der Waals surface area contributed by atoms with Crippen LogP contribution in [-0.4, -0.2) is 42.7 Å². The topological polar surface area (TPSA) is 41.9 Å². The predicted molar refractivity (Wildman–Crippen MR) is 106 cm³/mol. The predicted octanol–water partition coefficient (Wildman–Crippen LogP) is 3.36. The first kappa shape index (κ1) is 16.6. The lowest BCUT2D eigenvalue weighted by Crippen LogP contribution is -2.35. The number of hydrogen-bond acceptors (Lipinski definition) is 4. The molecule has 0 bridgehead atoms. The maximum Gasteiger partial charge on any atom is 0.167 e. The van der Waals surface area contributed by atoms with Crippen LogP contribution in [0.15, 0.2) is 53.5 Å². The molecule has 2 aliphatic heterocycles. The Bertz CT molecular complexity index is 968. The van der Waals surface area contributed by atoms with E-state index in [1.165, 1.54) is 11.1 Å². The number of hydrogen-bond donors (Lipinski definition) is 0. The largest absolute Gasteiger partial charge is 0.379 e. The lowest BCUT2D eigenvalue weighted by Gasteiger charge is -2.27. The molecular formula is C23H22N2O2. The maximum atomic E-state index is 12.8. The molecule has 0 unspecified atom stereocenters. The van der Waals surface area contributed by atoms with Gasteiger partial charge in [-0.3, -0.25) is 14.7 Å². The number of aliphatic imine (C=N–C) groups is 1. The van der Waals surface area contributed by atoms with E-state index in [4.69, 9.17) is 9.73 Å². The molecule has 0 radical (unpaired) electrons. The summed E-state index contributed by atoms with van der Waals surface area (Å²) in [6.07, 6.45) is 3.32. The van der Waals surface area contributed by atoms with Gasteiger partial charge in [-0.25, -0.2) is 0 Å². The van der Waals surface area contributed by atoms with Gasteiger partial charge in [-0.2, -0.15) is 0 Å². The van der Waals surface area contributed by atoms with Crippen LogP contribution in [0.25, 0.3) is 5.57 Å². The molecule has 0 N–H and O–H groups in total. The molecule has 5 rings (SSSR count). The Morgan fingerprint density at radius 3 is 2.67 bits per heavy atom. The van der Waals surface area contributed by atoms with Crippen molar-refractivity contribution in [1.82, 2.24) is 4.90 Å². The quantitative estimate of drug-likeness (QED) is 0.790. The molecule has 0 spiro atoms. The van der Waals surface area contributed by atoms with E-state index in [1.54, 1.807) is 0 Å². The summed E-state index contributed by atoms with van der Waals surface area (Å²) in [5.41, 5.74) is 7.59. The lowest BCUT2D eigenvalue weighted by atomic mass is 9.97. The van der Waals surface area contributed by atoms with Gasteiger partial charge in [-0.1, -0.05) is 36.4 Å². The van der Waals surface area contributed by atoms with Gasteiger partial charge in [0.1, 0.15) is 0 Å². The smallest absolute Gasteiger partial charge is 0.167 e. The average Bonchev–Trinajstić information content (AvgIpc) is 3.24. The molecule has 3 aliphatic rings. The van der Waals surface area contributed by atoms with Crippen LogP contribution in [0.2, 0.25) is 0 Å². The van der Waals surface area contributed by atoms with Gasteiger partial charge in [0.15, 0.2) is 5.78 Å². The molecule has 27 heavy (non-hydrogen) atoms. The van der Waals surface area contributed by atoms with Gasteiger partial charge in [0.2, 0.25) is 0 Å². The van der Waals surface area contributed by atoms with Gasteiger partial charge in [0.25, 0.3) is 0 Å². The number of fused-ring (bicyclic) bond motifs is 2. The average molecular weight is 358 g/mol. The van der Waals surface area contributed by atoms with Crippen LogP contribution < -0.4 is 0 Å². The second kappa shape index (κ2) is 6.87. The molecule has 1 fully saturated rings. The normalized spacial score (nSPS) is 20.7. The number of Topliss-reactive ketones (excluding diaryl/α,β-unsaturated/α-hetero) is 1. The van der Waals surface area contributed by atoms with Crippen molar-refractivity contribution in [1.29, 1.82) is 0 Å². The molecular weight excluding hydrogens is 336 g/mol. The van der Waals surface area contributed by atoms with Crippen molar-refractivity contribution >= 4 is 22.8 Å². The third-order valence-corrected chi connectivity index (χ3v) is 5.59. The second-order valence-corrected chi connectivity index (χ2v) is 7.41. The fourth-order valence-electron chi connectivity index (χ4n) is 4.25. The number of ether oxygens (including phenoxy) is 1. The first-order chi connectivity index (χ1) is 13.3. The van der Waals surface area contributed by atoms with Gasteiger partial charge < -0.3 is 4.74 Å². The minimum Gasteiger partial charge on any atom is -0.379 e. The van der Waals surface area contributed by atoms with Gasteiger partial charge in [-0.15, -0.1) is 0 Å². The Kier molecular flexibility index (Phi) is 4.23. The van der Waals surface area contributed by atoms with E-state index in [9.17, 15) is 4.79 Å². The van der Waals surface area contributed by atoms with Crippen LogP contribution in [0.1, 0.15) is 22.3 Å². The number of allylic oxidation sites excluding steroid dienone is 2. The van der Waals surface area contributed by atoms with E-state index in [0.29, 0.717) is 6.42 Å². The summed E-state index contributed by atoms with van der Waals surface area (Å²) in [5, 5.41) is 0. The minimum absolute atomic E-state index is 0.207. The first-order valence-corrected chi connectivity index (χ1v) is 9.59. The molecule has 2 heterocycles. The van der Waals surface area contributed by atoms with E-state index in [2.05, 4.69) is 29.2 Å². The monoisotopic (exact) mass is 358 g/mol. The number of para-hydroxylation sites is 1. The van der Waals surface area contributed by atoms with Crippen LogP contribution >= 0.6 is 0 Å². The Balaban J connectivity index is 1.49. The van der Waals surface area contributed by atoms with Crippen molar-refractivity contribution < 1.29 is 9.53 Å².